The van der Waals surface area contributed by atoms with Crippen LogP contribution in [-0.4, -0.2) is 11.0 Å². The number of halogens is 1. The zero-order valence-electron chi connectivity index (χ0n) is 8.81. The lowest BCUT2D eigenvalue weighted by Crippen LogP contribution is -2.21. The lowest BCUT2D eigenvalue weighted by molar-refractivity contribution is 0.0955. The number of phenolic OH excluding ortho intramolecular Hbond substituents is 1. The normalized spacial score (nSPS) is 10.2. The first-order valence-corrected chi connectivity index (χ1v) is 6.16. The van der Waals surface area contributed by atoms with E-state index < -0.39 is 0 Å². The second kappa shape index (κ2) is 5.21. The molecule has 2 rings (SSSR count). The van der Waals surface area contributed by atoms with Crippen molar-refractivity contribution in [1.82, 2.24) is 5.32 Å². The van der Waals surface area contributed by atoms with Crippen molar-refractivity contribution < 1.29 is 9.90 Å². The van der Waals surface area contributed by atoms with Crippen LogP contribution >= 0.6 is 22.9 Å². The van der Waals surface area contributed by atoms with E-state index in [9.17, 15) is 9.90 Å². The van der Waals surface area contributed by atoms with Gasteiger partial charge in [-0.05, 0) is 29.8 Å². The quantitative estimate of drug-likeness (QED) is 0.898. The smallest absolute Gasteiger partial charge is 0.261 e. The monoisotopic (exact) mass is 267 g/mol. The Balaban J connectivity index is 1.97. The fourth-order valence-electron chi connectivity index (χ4n) is 1.37. The summed E-state index contributed by atoms with van der Waals surface area (Å²) >= 11 is 6.99. The Morgan fingerprint density at radius 2 is 2.18 bits per heavy atom. The third kappa shape index (κ3) is 3.22. The van der Waals surface area contributed by atoms with Crippen LogP contribution in [0.1, 0.15) is 15.2 Å². The van der Waals surface area contributed by atoms with E-state index in [1.807, 2.05) is 6.07 Å². The van der Waals surface area contributed by atoms with Gasteiger partial charge < -0.3 is 10.4 Å². The average molecular weight is 268 g/mol. The molecule has 1 aromatic heterocycles. The van der Waals surface area contributed by atoms with Gasteiger partial charge >= 0.3 is 0 Å². The van der Waals surface area contributed by atoms with E-state index >= 15 is 0 Å². The fraction of sp³-hybridized carbons (Fsp3) is 0.0833. The molecule has 0 saturated heterocycles. The molecule has 0 radical (unpaired) electrons. The van der Waals surface area contributed by atoms with Crippen molar-refractivity contribution in [2.24, 2.45) is 0 Å². The molecule has 0 saturated carbocycles. The molecule has 0 bridgehead atoms. The minimum absolute atomic E-state index is 0.162. The van der Waals surface area contributed by atoms with Crippen LogP contribution in [0.5, 0.6) is 5.75 Å². The highest BCUT2D eigenvalue weighted by atomic mass is 35.5. The molecule has 0 aliphatic heterocycles. The molecule has 1 aromatic carbocycles. The van der Waals surface area contributed by atoms with E-state index in [0.29, 0.717) is 15.8 Å². The fourth-order valence-corrected chi connectivity index (χ4v) is 2.33. The molecule has 0 aliphatic carbocycles. The summed E-state index contributed by atoms with van der Waals surface area (Å²) in [5, 5.41) is 12.0. The first-order chi connectivity index (χ1) is 8.15. The van der Waals surface area contributed by atoms with Gasteiger partial charge in [-0.15, -0.1) is 11.3 Å². The van der Waals surface area contributed by atoms with Gasteiger partial charge in [0.05, 0.1) is 9.21 Å². The van der Waals surface area contributed by atoms with Crippen molar-refractivity contribution >= 4 is 28.8 Å². The van der Waals surface area contributed by atoms with Crippen LogP contribution in [0.15, 0.2) is 36.4 Å². The number of thiophene rings is 1. The van der Waals surface area contributed by atoms with Gasteiger partial charge in [0, 0.05) is 6.54 Å². The van der Waals surface area contributed by atoms with E-state index in [1.54, 1.807) is 30.3 Å². The van der Waals surface area contributed by atoms with Crippen LogP contribution < -0.4 is 5.32 Å². The number of carbonyl (C=O) groups is 1. The molecule has 0 unspecified atom stereocenters. The lowest BCUT2D eigenvalue weighted by atomic mass is 10.2. The number of phenols is 1. The second-order valence-electron chi connectivity index (χ2n) is 3.46. The molecular formula is C12H10ClNO2S. The van der Waals surface area contributed by atoms with Gasteiger partial charge in [0.15, 0.2) is 0 Å². The Labute approximate surface area is 108 Å². The van der Waals surface area contributed by atoms with Crippen molar-refractivity contribution in [3.05, 3.63) is 51.2 Å². The summed E-state index contributed by atoms with van der Waals surface area (Å²) in [5.41, 5.74) is 0.848. The molecule has 3 nitrogen and oxygen atoms in total. The number of rotatable bonds is 3. The van der Waals surface area contributed by atoms with Crippen molar-refractivity contribution in [3.8, 4) is 5.75 Å². The number of benzene rings is 1. The first-order valence-electron chi connectivity index (χ1n) is 4.96. The average Bonchev–Trinajstić information content (AvgIpc) is 2.73. The van der Waals surface area contributed by atoms with Crippen LogP contribution in [0, 0.1) is 0 Å². The Morgan fingerprint density at radius 1 is 1.35 bits per heavy atom. The van der Waals surface area contributed by atoms with Gasteiger partial charge in [-0.2, -0.15) is 0 Å². The van der Waals surface area contributed by atoms with Crippen LogP contribution in [0.2, 0.25) is 4.34 Å². The van der Waals surface area contributed by atoms with Gasteiger partial charge in [-0.3, -0.25) is 4.79 Å². The summed E-state index contributed by atoms with van der Waals surface area (Å²) in [6, 6.07) is 10.1. The molecule has 1 heterocycles. The molecule has 0 fully saturated rings. The van der Waals surface area contributed by atoms with Crippen LogP contribution in [-0.2, 0) is 6.54 Å². The molecule has 5 heteroatoms. The van der Waals surface area contributed by atoms with Crippen molar-refractivity contribution in [3.63, 3.8) is 0 Å². The molecule has 1 amide bonds. The van der Waals surface area contributed by atoms with Crippen LogP contribution in [0.3, 0.4) is 0 Å². The summed E-state index contributed by atoms with van der Waals surface area (Å²) < 4.78 is 0.590. The highest BCUT2D eigenvalue weighted by Gasteiger charge is 2.07. The minimum Gasteiger partial charge on any atom is -0.508 e. The summed E-state index contributed by atoms with van der Waals surface area (Å²) in [4.78, 5) is 12.3. The molecule has 88 valence electrons. The van der Waals surface area contributed by atoms with Gasteiger partial charge in [0.1, 0.15) is 5.75 Å². The van der Waals surface area contributed by atoms with Gasteiger partial charge in [0.2, 0.25) is 0 Å². The molecule has 2 N–H and O–H groups in total. The maximum absolute atomic E-state index is 11.7. The second-order valence-corrected chi connectivity index (χ2v) is 5.17. The summed E-state index contributed by atoms with van der Waals surface area (Å²) in [6.45, 7) is 0.378. The van der Waals surface area contributed by atoms with Gasteiger partial charge in [0.25, 0.3) is 5.91 Å². The highest BCUT2D eigenvalue weighted by Crippen LogP contribution is 2.21. The number of hydrogen-bond donors (Lipinski definition) is 2. The zero-order chi connectivity index (χ0) is 12.3. The summed E-state index contributed by atoms with van der Waals surface area (Å²) in [5.74, 6) is 0.0289. The number of hydrogen-bond acceptors (Lipinski definition) is 3. The van der Waals surface area contributed by atoms with E-state index in [2.05, 4.69) is 5.32 Å². The maximum Gasteiger partial charge on any atom is 0.261 e. The number of carbonyl (C=O) groups excluding carboxylic acids is 1. The third-order valence-electron chi connectivity index (χ3n) is 2.16. The summed E-state index contributed by atoms with van der Waals surface area (Å²) in [6.07, 6.45) is 0. The Morgan fingerprint density at radius 3 is 2.82 bits per heavy atom. The minimum atomic E-state index is -0.162. The topological polar surface area (TPSA) is 49.3 Å². The predicted molar refractivity (Wildman–Crippen MR) is 68.6 cm³/mol. The molecule has 17 heavy (non-hydrogen) atoms. The van der Waals surface area contributed by atoms with Crippen LogP contribution in [0.25, 0.3) is 0 Å². The Kier molecular flexibility index (Phi) is 3.66. The molecule has 0 atom stereocenters. The van der Waals surface area contributed by atoms with E-state index in [-0.39, 0.29) is 11.7 Å². The number of aromatic hydroxyl groups is 1. The maximum atomic E-state index is 11.7. The highest BCUT2D eigenvalue weighted by molar-refractivity contribution is 7.17. The number of amides is 1. The molecule has 2 aromatic rings. The van der Waals surface area contributed by atoms with E-state index in [4.69, 9.17) is 11.6 Å². The van der Waals surface area contributed by atoms with Crippen LogP contribution in [0.4, 0.5) is 0 Å². The lowest BCUT2D eigenvalue weighted by Gasteiger charge is -2.04. The van der Waals surface area contributed by atoms with Crippen molar-refractivity contribution in [1.29, 1.82) is 0 Å². The molecular weight excluding hydrogens is 258 g/mol. The van der Waals surface area contributed by atoms with Gasteiger partial charge in [-0.25, -0.2) is 0 Å². The van der Waals surface area contributed by atoms with Crippen molar-refractivity contribution in [2.45, 2.75) is 6.54 Å². The number of nitrogens with one attached hydrogen (secondary N) is 1. The van der Waals surface area contributed by atoms with E-state index in [0.717, 1.165) is 5.56 Å². The zero-order valence-corrected chi connectivity index (χ0v) is 10.4. The standard InChI is InChI=1S/C12H10ClNO2S/c13-11-5-4-10(17-11)12(16)14-7-8-2-1-3-9(15)6-8/h1-6,15H,7H2,(H,14,16). The van der Waals surface area contributed by atoms with Crippen molar-refractivity contribution in [2.75, 3.05) is 0 Å². The molecule has 0 spiro atoms. The Bertz CT molecular complexity index is 539. The van der Waals surface area contributed by atoms with E-state index in [1.165, 1.54) is 11.3 Å². The summed E-state index contributed by atoms with van der Waals surface area (Å²) in [7, 11) is 0. The first kappa shape index (κ1) is 12.0. The molecule has 0 aliphatic rings. The third-order valence-corrected chi connectivity index (χ3v) is 3.39. The Hall–Kier alpha value is -1.52. The predicted octanol–water partition coefficient (Wildman–Crippen LogP) is 3.04. The SMILES string of the molecule is O=C(NCc1cccc(O)c1)c1ccc(Cl)s1. The van der Waals surface area contributed by atoms with Gasteiger partial charge in [-0.1, -0.05) is 23.7 Å². The largest absolute Gasteiger partial charge is 0.508 e.